The number of benzene rings is 1. The number of piperazine rings is 1. The van der Waals surface area contributed by atoms with Crippen LogP contribution < -0.4 is 75.6 Å². The number of cyclic esters (lactones) is 1. The van der Waals surface area contributed by atoms with Crippen molar-refractivity contribution in [3.63, 3.8) is 0 Å². The van der Waals surface area contributed by atoms with Crippen molar-refractivity contribution < 1.29 is 47.8 Å². The van der Waals surface area contributed by atoms with Crippen molar-refractivity contribution in [2.45, 2.75) is 307 Å². The summed E-state index contributed by atoms with van der Waals surface area (Å²) >= 11 is 0. The molecular formula is C99H184N28O10. The number of carbonyl (C=O) groups is 6. The predicted molar refractivity (Wildman–Crippen MR) is 550 cm³/mol. The molecule has 13 rings (SSSR count). The molecule has 4 aromatic rings. The average Bonchev–Trinajstić information content (AvgIpc) is 1.17. The van der Waals surface area contributed by atoms with Crippen LogP contribution in [0.1, 0.15) is 213 Å². The van der Waals surface area contributed by atoms with Crippen molar-refractivity contribution in [3.05, 3.63) is 78.9 Å². The second-order valence-electron chi connectivity index (χ2n) is 45.8. The van der Waals surface area contributed by atoms with Crippen molar-refractivity contribution >= 4 is 58.7 Å². The van der Waals surface area contributed by atoms with Crippen LogP contribution in [0.2, 0.25) is 0 Å². The van der Waals surface area contributed by atoms with E-state index in [0.29, 0.717) is 69.2 Å². The van der Waals surface area contributed by atoms with Gasteiger partial charge in [-0.15, -0.1) is 5.10 Å². The minimum atomic E-state index is -0.321. The number of hydrogen-bond acceptors (Lipinski definition) is 25. The number of carbonyl (C=O) groups excluding carboxylic acids is 6. The maximum absolute atomic E-state index is 11.9. The van der Waals surface area contributed by atoms with Crippen molar-refractivity contribution in [3.8, 4) is 0 Å². The summed E-state index contributed by atoms with van der Waals surface area (Å²) in [7, 11) is 0. The summed E-state index contributed by atoms with van der Waals surface area (Å²) in [4.78, 5) is 107. The third-order valence-electron chi connectivity index (χ3n) is 24.1. The van der Waals surface area contributed by atoms with Gasteiger partial charge in [-0.1, -0.05) is 23.0 Å². The maximum atomic E-state index is 11.9. The Labute approximate surface area is 821 Å². The van der Waals surface area contributed by atoms with Gasteiger partial charge in [0.15, 0.2) is 18.5 Å². The number of nitrogens with zero attached hydrogens (tertiary/aromatic N) is 15. The van der Waals surface area contributed by atoms with E-state index in [0.717, 1.165) is 161 Å². The molecular weight excluding hydrogens is 1740 g/mol. The Kier molecular flexibility index (Phi) is 47.6. The maximum Gasteiger partial charge on any atom is 0.323 e. The molecule has 0 saturated carbocycles. The van der Waals surface area contributed by atoms with Crippen LogP contribution in [-0.4, -0.2) is 375 Å². The molecule has 0 radical (unpaired) electrons. The van der Waals surface area contributed by atoms with E-state index in [1.54, 1.807) is 6.20 Å². The Balaban J connectivity index is 0.000000274. The number of fused-ring (bicyclic) bond motifs is 1. The number of nitrogens with one attached hydrogen (secondary N) is 9. The van der Waals surface area contributed by atoms with Crippen LogP contribution in [0.4, 0.5) is 9.59 Å². The van der Waals surface area contributed by atoms with Crippen LogP contribution >= 0.6 is 0 Å². The molecule has 0 aliphatic carbocycles. The zero-order valence-electron chi connectivity index (χ0n) is 89.4. The minimum Gasteiger partial charge on any atom is -0.464 e. The van der Waals surface area contributed by atoms with E-state index in [2.05, 4.69) is 283 Å². The zero-order chi connectivity index (χ0) is 103. The van der Waals surface area contributed by atoms with Crippen molar-refractivity contribution in [1.29, 1.82) is 0 Å². The summed E-state index contributed by atoms with van der Waals surface area (Å²) in [5.74, 6) is 1.39. The number of guanidine groups is 2. The smallest absolute Gasteiger partial charge is 0.323 e. The number of para-hydroxylation sites is 1. The summed E-state index contributed by atoms with van der Waals surface area (Å²) in [5, 5.41) is 34.4. The van der Waals surface area contributed by atoms with Gasteiger partial charge in [0.25, 0.3) is 5.91 Å². The molecule has 9 fully saturated rings. The second-order valence-corrected chi connectivity index (χ2v) is 45.8. The fourth-order valence-electron chi connectivity index (χ4n) is 15.0. The van der Waals surface area contributed by atoms with Gasteiger partial charge in [0, 0.05) is 232 Å². The summed E-state index contributed by atoms with van der Waals surface area (Å²) in [6.45, 7) is 86.4. The van der Waals surface area contributed by atoms with Crippen molar-refractivity contribution in [1.82, 2.24) is 112 Å². The molecule has 38 heteroatoms. The molecule has 9 aliphatic rings. The number of nitrogens with two attached hydrogens (primary N) is 4. The lowest BCUT2D eigenvalue weighted by Crippen LogP contribution is -2.65. The van der Waals surface area contributed by atoms with Gasteiger partial charge in [-0.2, -0.15) is 0 Å². The van der Waals surface area contributed by atoms with Crippen LogP contribution in [-0.2, 0) is 46.5 Å². The zero-order valence-corrected chi connectivity index (χ0v) is 89.4. The molecule has 1 atom stereocenters. The first-order valence-corrected chi connectivity index (χ1v) is 49.4. The van der Waals surface area contributed by atoms with Crippen LogP contribution in [0, 0.1) is 11.8 Å². The lowest BCUT2D eigenvalue weighted by molar-refractivity contribution is -0.139. The van der Waals surface area contributed by atoms with Gasteiger partial charge in [0.05, 0.1) is 74.3 Å². The molecule has 137 heavy (non-hydrogen) atoms. The summed E-state index contributed by atoms with van der Waals surface area (Å²) in [6.07, 6.45) is 8.33. The third kappa shape index (κ3) is 47.4. The number of urea groups is 2. The van der Waals surface area contributed by atoms with Gasteiger partial charge >= 0.3 is 18.0 Å². The Bertz CT molecular complexity index is 4210. The summed E-state index contributed by atoms with van der Waals surface area (Å²) in [5.41, 5.74) is 25.1. The number of aliphatic imine (C=N–C) groups is 2. The molecule has 1 unspecified atom stereocenters. The van der Waals surface area contributed by atoms with Crippen LogP contribution in [0.15, 0.2) is 83.3 Å². The number of ether oxygens (including phenoxy) is 3. The van der Waals surface area contributed by atoms with Gasteiger partial charge in [-0.25, -0.2) is 14.6 Å². The molecule has 3 aromatic heterocycles. The number of rotatable bonds is 24. The molecule has 9 saturated heterocycles. The van der Waals surface area contributed by atoms with E-state index in [1.165, 1.54) is 4.85 Å². The number of likely N-dealkylation sites (tertiary alicyclic amines) is 7. The number of aromatic nitrogens is 5. The first kappa shape index (κ1) is 119. The Morgan fingerprint density at radius 1 is 0.511 bits per heavy atom. The van der Waals surface area contributed by atoms with E-state index in [-0.39, 0.29) is 129 Å². The van der Waals surface area contributed by atoms with Crippen molar-refractivity contribution in [2.24, 2.45) is 44.8 Å². The van der Waals surface area contributed by atoms with E-state index in [1.807, 2.05) is 102 Å². The molecule has 12 heterocycles. The molecule has 780 valence electrons. The molecule has 7 amide bonds. The molecule has 0 spiro atoms. The highest BCUT2D eigenvalue weighted by molar-refractivity contribution is 5.82. The normalized spacial score (nSPS) is 18.9. The Morgan fingerprint density at radius 3 is 1.41 bits per heavy atom. The van der Waals surface area contributed by atoms with Gasteiger partial charge in [0.1, 0.15) is 17.1 Å². The monoisotopic (exact) mass is 1930 g/mol. The molecule has 0 bridgehead atoms. The molecule has 17 N–H and O–H groups in total. The topological polar surface area (TPSA) is 451 Å². The number of hydrogen-bond donors (Lipinski definition) is 13. The number of esters is 1. The largest absolute Gasteiger partial charge is 0.464 e. The fourth-order valence-corrected chi connectivity index (χ4v) is 15.0. The Morgan fingerprint density at radius 2 is 0.964 bits per heavy atom. The van der Waals surface area contributed by atoms with E-state index in [9.17, 15) is 28.8 Å². The molecule has 9 aliphatic heterocycles. The van der Waals surface area contributed by atoms with E-state index in [4.69, 9.17) is 42.0 Å². The van der Waals surface area contributed by atoms with Gasteiger partial charge < -0.3 is 89.1 Å². The van der Waals surface area contributed by atoms with Crippen LogP contribution in [0.25, 0.3) is 11.0 Å². The van der Waals surface area contributed by atoms with Crippen LogP contribution in [0.5, 0.6) is 0 Å². The van der Waals surface area contributed by atoms with E-state index < -0.39 is 0 Å². The highest BCUT2D eigenvalue weighted by Gasteiger charge is 2.41. The molecule has 1 aromatic carbocycles. The second kappa shape index (κ2) is 54.9. The standard InChI is InChI=1S/C15H21N5O2.C13H26N4O.C13H23N3O3.C11H23N3O.C10H21N3O.C10H15NO.C10H17NO.C9H20N4.C8H18N4/c1-15(2,3)19-8-11(9-19)16-14(21)10-22-20-13-7-5-4-6-12(13)17-18-20;1-13(2,3)17-8-11(9-17)15-12(18)10-16-6-4-14-5-7-16;1-13(2,3)16-7-9(8-16)15-11(17)6-14-10-4-5-19-12(10)18;1-5-12-10(15)13-6-9-7-14(8-9)11(2,3)4;1-5-11-9(14)12-8-6-13(7-8)10(2,3)4;1-10(2,3)12-8-9-5-4-6-11-7-9;1-10(2,3)12-9-8-11-6-4-5-7-11;1-9(2,3)13-5-7(6-13)4-12-8(10)11;1-8(2,3)12-4-6(5-12)11-7(9)10/h4-7,11H,8-10H2,1-3H3,(H,16,21);11,14H,4-10H2,1-3H3,(H,15,18);9-10,14H,4-8H2,1-3H3,(H,15,17);9H,5-8H2,1-4H3,(H2,12,13,15);8H,5-7H2,1-4H3,(H2,11,12,14);4-7H,8H2,1-3H3;4-7H,8-9H2,1-3H3;7H,4-6H2,1-3H3,(H4,10,11,12);6H,4-5H2,1-3H3,(H4,9,10,11). The van der Waals surface area contributed by atoms with Gasteiger partial charge in [0.2, 0.25) is 11.8 Å². The first-order valence-electron chi connectivity index (χ1n) is 49.4. The van der Waals surface area contributed by atoms with Crippen molar-refractivity contribution in [2.75, 3.05) is 177 Å². The van der Waals surface area contributed by atoms with Crippen LogP contribution in [0.3, 0.4) is 0 Å². The summed E-state index contributed by atoms with van der Waals surface area (Å²) in [6, 6.07) is 16.4. The fraction of sp³-hybridized carbons (Fsp3) is 0.768. The number of pyridine rings is 1. The quantitative estimate of drug-likeness (QED) is 0.0227. The van der Waals surface area contributed by atoms with Gasteiger partial charge in [-0.3, -0.25) is 73.7 Å². The highest BCUT2D eigenvalue weighted by atomic mass is 16.7. The average molecular weight is 1930 g/mol. The Hall–Kier alpha value is -8.67. The molecule has 38 nitrogen and oxygen atoms in total. The predicted octanol–water partition coefficient (Wildman–Crippen LogP) is 5.70. The number of amides is 7. The van der Waals surface area contributed by atoms with E-state index >= 15 is 0 Å². The van der Waals surface area contributed by atoms with Gasteiger partial charge in [-0.05, 0) is 242 Å². The summed E-state index contributed by atoms with van der Waals surface area (Å²) < 4.78 is 18.1. The minimum absolute atomic E-state index is 0.0207. The lowest BCUT2D eigenvalue weighted by atomic mass is 9.92. The lowest BCUT2D eigenvalue weighted by Gasteiger charge is -2.47. The highest BCUT2D eigenvalue weighted by Crippen LogP contribution is 2.29. The third-order valence-corrected chi connectivity index (χ3v) is 24.1. The SMILES string of the molecule is CC(C)(C)N1CC(CN=C(N)N)C1.CC(C)(C)N1CC(N=C(N)N)C1.CC(C)(C)N1CC(NC(=O)CN2CCNCC2)C1.CC(C)(C)N1CC(NC(=O)CNC2CCOC2=O)C1.CC(C)(C)N1CC(NC(=O)COn2nnc3ccccc32)C1.CC(C)(C)OCCn1cccc1.CC(C)(C)OCc1cccnc1.CCNC(=O)NC1CN(C(C)(C)C)C1.CCNC(=O)NCC1CN(C(C)(C)C)C1. The first-order chi connectivity index (χ1) is 63.5.